The first-order chi connectivity index (χ1) is 13.5. The largest absolute Gasteiger partial charge is 0.488 e. The Labute approximate surface area is 164 Å². The molecule has 148 valence electrons. The van der Waals surface area contributed by atoms with Gasteiger partial charge in [-0.15, -0.1) is 0 Å². The Hall–Kier alpha value is -3.06. The molecule has 2 aromatic carbocycles. The first-order valence-electron chi connectivity index (χ1n) is 9.29. The molecule has 1 heterocycles. The molecule has 1 aliphatic rings. The predicted molar refractivity (Wildman–Crippen MR) is 107 cm³/mol. The highest BCUT2D eigenvalue weighted by atomic mass is 16.5. The number of ether oxygens (including phenoxy) is 2. The van der Waals surface area contributed by atoms with E-state index in [1.54, 1.807) is 24.3 Å². The summed E-state index contributed by atoms with van der Waals surface area (Å²) in [7, 11) is 0. The van der Waals surface area contributed by atoms with Crippen molar-refractivity contribution in [1.82, 2.24) is 0 Å². The van der Waals surface area contributed by atoms with Crippen LogP contribution in [0.1, 0.15) is 36.1 Å². The highest BCUT2D eigenvalue weighted by Crippen LogP contribution is 2.31. The van der Waals surface area contributed by atoms with Crippen LogP contribution in [0.3, 0.4) is 0 Å². The van der Waals surface area contributed by atoms with E-state index in [1.165, 1.54) is 0 Å². The summed E-state index contributed by atoms with van der Waals surface area (Å²) in [5.74, 6) is -0.490. The molecule has 0 bridgehead atoms. The first-order valence-corrected chi connectivity index (χ1v) is 9.29. The van der Waals surface area contributed by atoms with E-state index in [2.05, 4.69) is 5.32 Å². The molecule has 0 aliphatic carbocycles. The van der Waals surface area contributed by atoms with Gasteiger partial charge in [0.25, 0.3) is 0 Å². The van der Waals surface area contributed by atoms with Crippen molar-refractivity contribution in [1.29, 1.82) is 5.41 Å². The minimum atomic E-state index is -1.00. The highest BCUT2D eigenvalue weighted by molar-refractivity contribution is 5.95. The molecule has 28 heavy (non-hydrogen) atoms. The number of aryl methyl sites for hydroxylation is 1. The van der Waals surface area contributed by atoms with Crippen LogP contribution < -0.4 is 15.8 Å². The van der Waals surface area contributed by atoms with E-state index in [-0.39, 0.29) is 11.9 Å². The zero-order valence-corrected chi connectivity index (χ0v) is 15.8. The quantitative estimate of drug-likeness (QED) is 0.411. The molecule has 2 aromatic rings. The van der Waals surface area contributed by atoms with Crippen LogP contribution in [-0.2, 0) is 16.0 Å². The Balaban J connectivity index is 1.90. The number of hydrogen-bond acceptors (Lipinski definition) is 5. The maximum atomic E-state index is 12.1. The van der Waals surface area contributed by atoms with Crippen molar-refractivity contribution in [2.45, 2.75) is 31.9 Å². The standard InChI is InChI=1S/C21H25N3O4/c1-2-13-3-8-18(28-16-9-10-27-12-16)17(11-13)19(21(25)26)24-15-6-4-14(5-7-15)20(22)23/h3-8,11,16,19,24H,2,9-10,12H2,1H3,(H3,22,23)(H,25,26). The molecule has 3 rings (SSSR count). The highest BCUT2D eigenvalue weighted by Gasteiger charge is 2.26. The van der Waals surface area contributed by atoms with Gasteiger partial charge in [0.2, 0.25) is 0 Å². The molecule has 0 radical (unpaired) electrons. The molecular weight excluding hydrogens is 358 g/mol. The normalized spacial score (nSPS) is 17.1. The van der Waals surface area contributed by atoms with Crippen LogP contribution >= 0.6 is 0 Å². The lowest BCUT2D eigenvalue weighted by atomic mass is 10.0. The lowest BCUT2D eigenvalue weighted by Crippen LogP contribution is -2.23. The van der Waals surface area contributed by atoms with Crippen LogP contribution in [0.5, 0.6) is 5.75 Å². The lowest BCUT2D eigenvalue weighted by molar-refractivity contribution is -0.138. The van der Waals surface area contributed by atoms with Crippen LogP contribution in [-0.4, -0.2) is 36.2 Å². The minimum Gasteiger partial charge on any atom is -0.488 e. The number of carboxylic acids is 1. The van der Waals surface area contributed by atoms with E-state index in [9.17, 15) is 9.90 Å². The van der Waals surface area contributed by atoms with Gasteiger partial charge in [-0.25, -0.2) is 4.79 Å². The SMILES string of the molecule is CCc1ccc(OC2CCOC2)c(C(Nc2ccc(C(=N)N)cc2)C(=O)O)c1. The van der Waals surface area contributed by atoms with Gasteiger partial charge in [-0.05, 0) is 48.4 Å². The van der Waals surface area contributed by atoms with Crippen molar-refractivity contribution in [3.8, 4) is 5.75 Å². The molecule has 2 atom stereocenters. The fraction of sp³-hybridized carbons (Fsp3) is 0.333. The molecular formula is C21H25N3O4. The molecule has 7 nitrogen and oxygen atoms in total. The van der Waals surface area contributed by atoms with E-state index < -0.39 is 12.0 Å². The van der Waals surface area contributed by atoms with Gasteiger partial charge in [0.15, 0.2) is 6.04 Å². The number of nitrogens with one attached hydrogen (secondary N) is 2. The Morgan fingerprint density at radius 3 is 2.68 bits per heavy atom. The number of hydrogen-bond donors (Lipinski definition) is 4. The summed E-state index contributed by atoms with van der Waals surface area (Å²) in [4.78, 5) is 12.1. The number of rotatable bonds is 8. The summed E-state index contributed by atoms with van der Waals surface area (Å²) in [5, 5.41) is 20.4. The zero-order valence-electron chi connectivity index (χ0n) is 15.8. The van der Waals surface area contributed by atoms with Crippen molar-refractivity contribution < 1.29 is 19.4 Å². The topological polar surface area (TPSA) is 118 Å². The number of carboxylic acid groups (broad SMARTS) is 1. The van der Waals surface area contributed by atoms with Crippen LogP contribution in [0, 0.1) is 5.41 Å². The number of aliphatic carboxylic acids is 1. The number of benzene rings is 2. The third kappa shape index (κ3) is 4.61. The smallest absolute Gasteiger partial charge is 0.330 e. The summed E-state index contributed by atoms with van der Waals surface area (Å²) in [5.41, 5.74) is 8.29. The number of carbonyl (C=O) groups is 1. The number of nitrogens with two attached hydrogens (primary N) is 1. The molecule has 7 heteroatoms. The first kappa shape index (κ1) is 19.7. The fourth-order valence-electron chi connectivity index (χ4n) is 3.12. The predicted octanol–water partition coefficient (Wildman–Crippen LogP) is 2.94. The molecule has 0 saturated carbocycles. The Morgan fingerprint density at radius 1 is 1.36 bits per heavy atom. The number of anilines is 1. The third-order valence-electron chi connectivity index (χ3n) is 4.73. The van der Waals surface area contributed by atoms with Crippen LogP contribution in [0.4, 0.5) is 5.69 Å². The average molecular weight is 383 g/mol. The van der Waals surface area contributed by atoms with E-state index >= 15 is 0 Å². The van der Waals surface area contributed by atoms with Crippen LogP contribution in [0.2, 0.25) is 0 Å². The second-order valence-electron chi connectivity index (χ2n) is 6.74. The van der Waals surface area contributed by atoms with Crippen molar-refractivity contribution in [3.63, 3.8) is 0 Å². The number of nitrogen functional groups attached to an aromatic ring is 1. The molecule has 2 unspecified atom stereocenters. The summed E-state index contributed by atoms with van der Waals surface area (Å²) in [6.07, 6.45) is 1.50. The lowest BCUT2D eigenvalue weighted by Gasteiger charge is -2.22. The van der Waals surface area contributed by atoms with Crippen molar-refractivity contribution in [3.05, 3.63) is 59.2 Å². The van der Waals surface area contributed by atoms with Crippen molar-refractivity contribution >= 4 is 17.5 Å². The summed E-state index contributed by atoms with van der Waals surface area (Å²) in [6, 6.07) is 11.5. The van der Waals surface area contributed by atoms with E-state index in [0.717, 1.165) is 18.4 Å². The summed E-state index contributed by atoms with van der Waals surface area (Å²) < 4.78 is 11.4. The molecule has 0 amide bonds. The van der Waals surface area contributed by atoms with Gasteiger partial charge in [0.05, 0.1) is 13.2 Å². The van der Waals surface area contributed by atoms with Gasteiger partial charge >= 0.3 is 5.97 Å². The molecule has 1 fully saturated rings. The second-order valence-corrected chi connectivity index (χ2v) is 6.74. The minimum absolute atomic E-state index is 0.0357. The van der Waals surface area contributed by atoms with Crippen molar-refractivity contribution in [2.75, 3.05) is 18.5 Å². The maximum Gasteiger partial charge on any atom is 0.330 e. The summed E-state index contributed by atoms with van der Waals surface area (Å²) >= 11 is 0. The summed E-state index contributed by atoms with van der Waals surface area (Å²) in [6.45, 7) is 3.18. The van der Waals surface area contributed by atoms with Gasteiger partial charge in [-0.3, -0.25) is 5.41 Å². The second kappa shape index (κ2) is 8.75. The van der Waals surface area contributed by atoms with E-state index in [4.69, 9.17) is 20.6 Å². The van der Waals surface area contributed by atoms with E-state index in [1.807, 2.05) is 25.1 Å². The molecule has 1 aliphatic heterocycles. The molecule has 0 aromatic heterocycles. The van der Waals surface area contributed by atoms with Crippen LogP contribution in [0.25, 0.3) is 0 Å². The van der Waals surface area contributed by atoms with Gasteiger partial charge in [-0.1, -0.05) is 13.0 Å². The average Bonchev–Trinajstić information content (AvgIpc) is 3.20. The fourth-order valence-corrected chi connectivity index (χ4v) is 3.12. The van der Waals surface area contributed by atoms with Crippen LogP contribution in [0.15, 0.2) is 42.5 Å². The zero-order chi connectivity index (χ0) is 20.1. The monoisotopic (exact) mass is 383 g/mol. The van der Waals surface area contributed by atoms with Gasteiger partial charge in [0.1, 0.15) is 17.7 Å². The van der Waals surface area contributed by atoms with Gasteiger partial charge in [0, 0.05) is 23.2 Å². The Kier molecular flexibility index (Phi) is 6.16. The van der Waals surface area contributed by atoms with Crippen molar-refractivity contribution in [2.24, 2.45) is 5.73 Å². The van der Waals surface area contributed by atoms with Gasteiger partial charge < -0.3 is 25.6 Å². The third-order valence-corrected chi connectivity index (χ3v) is 4.73. The van der Waals surface area contributed by atoms with Gasteiger partial charge in [-0.2, -0.15) is 0 Å². The Bertz CT molecular complexity index is 845. The Morgan fingerprint density at radius 2 is 2.11 bits per heavy atom. The molecule has 0 spiro atoms. The number of amidine groups is 1. The van der Waals surface area contributed by atoms with E-state index in [0.29, 0.717) is 35.8 Å². The molecule has 1 saturated heterocycles. The maximum absolute atomic E-state index is 12.1. The molecule has 5 N–H and O–H groups in total.